The molecule has 0 aliphatic heterocycles. The summed E-state index contributed by atoms with van der Waals surface area (Å²) < 4.78 is 10.4. The maximum absolute atomic E-state index is 12.3. The number of aromatic nitrogens is 1. The van der Waals surface area contributed by atoms with Crippen molar-refractivity contribution in [2.75, 3.05) is 20.8 Å². The molecular weight excluding hydrogens is 356 g/mol. The maximum Gasteiger partial charge on any atom is 0.251 e. The zero-order valence-electron chi connectivity index (χ0n) is 16.1. The SMILES string of the molecule is COc1cccc(CCNC(=O)CCc2cc3ccc(OC)cc3[nH]c2=O)c1. The van der Waals surface area contributed by atoms with Crippen LogP contribution < -0.4 is 20.3 Å². The highest BCUT2D eigenvalue weighted by molar-refractivity contribution is 5.81. The minimum atomic E-state index is -0.176. The zero-order chi connectivity index (χ0) is 19.9. The van der Waals surface area contributed by atoms with Gasteiger partial charge in [0.2, 0.25) is 5.91 Å². The van der Waals surface area contributed by atoms with Crippen LogP contribution in [-0.4, -0.2) is 31.7 Å². The molecule has 1 aromatic heterocycles. The number of pyridine rings is 1. The van der Waals surface area contributed by atoms with Gasteiger partial charge in [-0.05, 0) is 54.1 Å². The topological polar surface area (TPSA) is 80.4 Å². The zero-order valence-corrected chi connectivity index (χ0v) is 16.1. The Labute approximate surface area is 163 Å². The molecule has 0 bridgehead atoms. The van der Waals surface area contributed by atoms with E-state index in [0.717, 1.165) is 28.6 Å². The minimum Gasteiger partial charge on any atom is -0.497 e. The number of carbonyl (C=O) groups excluding carboxylic acids is 1. The molecule has 6 heteroatoms. The molecule has 0 fully saturated rings. The average Bonchev–Trinajstić information content (AvgIpc) is 2.72. The summed E-state index contributed by atoms with van der Waals surface area (Å²) in [5, 5.41) is 3.81. The van der Waals surface area contributed by atoms with E-state index in [1.165, 1.54) is 0 Å². The van der Waals surface area contributed by atoms with E-state index in [-0.39, 0.29) is 17.9 Å². The smallest absolute Gasteiger partial charge is 0.251 e. The number of methoxy groups -OCH3 is 2. The molecule has 0 radical (unpaired) electrons. The van der Waals surface area contributed by atoms with Crippen molar-refractivity contribution in [3.63, 3.8) is 0 Å². The number of H-pyrrole nitrogens is 1. The molecule has 6 nitrogen and oxygen atoms in total. The van der Waals surface area contributed by atoms with Crippen LogP contribution in [0.5, 0.6) is 11.5 Å². The molecule has 0 aliphatic carbocycles. The van der Waals surface area contributed by atoms with Crippen LogP contribution in [-0.2, 0) is 17.6 Å². The van der Waals surface area contributed by atoms with Crippen LogP contribution in [0.25, 0.3) is 10.9 Å². The van der Waals surface area contributed by atoms with E-state index in [9.17, 15) is 9.59 Å². The third-order valence-electron chi connectivity index (χ3n) is 4.62. The van der Waals surface area contributed by atoms with Gasteiger partial charge in [0.05, 0.1) is 19.7 Å². The fourth-order valence-corrected chi connectivity index (χ4v) is 3.05. The molecule has 0 spiro atoms. The molecule has 28 heavy (non-hydrogen) atoms. The predicted molar refractivity (Wildman–Crippen MR) is 109 cm³/mol. The molecule has 0 aliphatic rings. The maximum atomic E-state index is 12.3. The first kappa shape index (κ1) is 19.5. The number of ether oxygens (including phenoxy) is 2. The first-order valence-corrected chi connectivity index (χ1v) is 9.18. The largest absolute Gasteiger partial charge is 0.497 e. The van der Waals surface area contributed by atoms with E-state index in [1.54, 1.807) is 20.3 Å². The van der Waals surface area contributed by atoms with Gasteiger partial charge in [0.15, 0.2) is 0 Å². The van der Waals surface area contributed by atoms with Crippen molar-refractivity contribution in [3.05, 3.63) is 70.0 Å². The summed E-state index contributed by atoms with van der Waals surface area (Å²) in [6.07, 6.45) is 1.38. The quantitative estimate of drug-likeness (QED) is 0.630. The molecule has 1 heterocycles. The third-order valence-corrected chi connectivity index (χ3v) is 4.62. The number of fused-ring (bicyclic) bond motifs is 1. The molecule has 1 amide bonds. The summed E-state index contributed by atoms with van der Waals surface area (Å²) in [5.74, 6) is 1.42. The fourth-order valence-electron chi connectivity index (χ4n) is 3.05. The summed E-state index contributed by atoms with van der Waals surface area (Å²) in [4.78, 5) is 27.2. The van der Waals surface area contributed by atoms with Gasteiger partial charge in [0.25, 0.3) is 5.56 Å². The number of rotatable bonds is 8. The lowest BCUT2D eigenvalue weighted by Gasteiger charge is -2.08. The van der Waals surface area contributed by atoms with E-state index >= 15 is 0 Å². The van der Waals surface area contributed by atoms with Gasteiger partial charge in [0.1, 0.15) is 11.5 Å². The van der Waals surface area contributed by atoms with Crippen molar-refractivity contribution >= 4 is 16.8 Å². The first-order valence-electron chi connectivity index (χ1n) is 9.18. The summed E-state index contributed by atoms with van der Waals surface area (Å²) in [7, 11) is 3.21. The molecule has 0 unspecified atom stereocenters. The minimum absolute atomic E-state index is 0.0721. The molecule has 2 N–H and O–H groups in total. The number of aromatic amines is 1. The Kier molecular flexibility index (Phi) is 6.32. The summed E-state index contributed by atoms with van der Waals surface area (Å²) in [6, 6.07) is 15.1. The molecule has 0 saturated carbocycles. The second kappa shape index (κ2) is 9.08. The van der Waals surface area contributed by atoms with Crippen molar-refractivity contribution in [1.29, 1.82) is 0 Å². The number of hydrogen-bond donors (Lipinski definition) is 2. The lowest BCUT2D eigenvalue weighted by atomic mass is 10.1. The Bertz CT molecular complexity index is 1030. The predicted octanol–water partition coefficient (Wildman–Crippen LogP) is 2.84. The van der Waals surface area contributed by atoms with Crippen molar-refractivity contribution in [1.82, 2.24) is 10.3 Å². The van der Waals surface area contributed by atoms with Crippen LogP contribution in [0.4, 0.5) is 0 Å². The Morgan fingerprint density at radius 1 is 1.00 bits per heavy atom. The lowest BCUT2D eigenvalue weighted by Crippen LogP contribution is -2.26. The van der Waals surface area contributed by atoms with Gasteiger partial charge in [-0.3, -0.25) is 9.59 Å². The fraction of sp³-hybridized carbons (Fsp3) is 0.273. The Morgan fingerprint density at radius 3 is 2.57 bits per heavy atom. The van der Waals surface area contributed by atoms with E-state index in [1.807, 2.05) is 42.5 Å². The number of amides is 1. The second-order valence-electron chi connectivity index (χ2n) is 6.53. The van der Waals surface area contributed by atoms with Crippen LogP contribution in [0.3, 0.4) is 0 Å². The van der Waals surface area contributed by atoms with E-state index in [0.29, 0.717) is 24.3 Å². The van der Waals surface area contributed by atoms with Gasteiger partial charge in [0, 0.05) is 24.6 Å². The van der Waals surface area contributed by atoms with Crippen LogP contribution >= 0.6 is 0 Å². The van der Waals surface area contributed by atoms with Crippen molar-refractivity contribution in [3.8, 4) is 11.5 Å². The van der Waals surface area contributed by atoms with Crippen LogP contribution in [0.15, 0.2) is 53.3 Å². The van der Waals surface area contributed by atoms with Gasteiger partial charge >= 0.3 is 0 Å². The van der Waals surface area contributed by atoms with Gasteiger partial charge in [-0.1, -0.05) is 12.1 Å². The highest BCUT2D eigenvalue weighted by Gasteiger charge is 2.08. The van der Waals surface area contributed by atoms with Crippen LogP contribution in [0.1, 0.15) is 17.5 Å². The van der Waals surface area contributed by atoms with E-state index < -0.39 is 0 Å². The van der Waals surface area contributed by atoms with Crippen LogP contribution in [0.2, 0.25) is 0 Å². The standard InChI is InChI=1S/C22H24N2O4/c1-27-18-5-3-4-15(12-18)10-11-23-21(25)9-7-17-13-16-6-8-19(28-2)14-20(16)24-22(17)26/h3-6,8,12-14H,7,9-11H2,1-2H3,(H,23,25)(H,24,26). The van der Waals surface area contributed by atoms with Gasteiger partial charge in [-0.15, -0.1) is 0 Å². The van der Waals surface area contributed by atoms with E-state index in [2.05, 4.69) is 10.3 Å². The van der Waals surface area contributed by atoms with Gasteiger partial charge in [-0.25, -0.2) is 0 Å². The van der Waals surface area contributed by atoms with Gasteiger partial charge in [-0.2, -0.15) is 0 Å². The number of hydrogen-bond acceptors (Lipinski definition) is 4. The molecule has 146 valence electrons. The van der Waals surface area contributed by atoms with Gasteiger partial charge < -0.3 is 19.8 Å². The number of carbonyl (C=O) groups is 1. The van der Waals surface area contributed by atoms with Crippen molar-refractivity contribution in [2.45, 2.75) is 19.3 Å². The Balaban J connectivity index is 1.54. The molecular formula is C22H24N2O4. The lowest BCUT2D eigenvalue weighted by molar-refractivity contribution is -0.121. The molecule has 2 aromatic carbocycles. The number of aryl methyl sites for hydroxylation is 1. The first-order chi connectivity index (χ1) is 13.6. The van der Waals surface area contributed by atoms with Crippen molar-refractivity contribution in [2.24, 2.45) is 0 Å². The monoisotopic (exact) mass is 380 g/mol. The highest BCUT2D eigenvalue weighted by Crippen LogP contribution is 2.18. The van der Waals surface area contributed by atoms with Crippen molar-refractivity contribution < 1.29 is 14.3 Å². The van der Waals surface area contributed by atoms with Crippen LogP contribution in [0, 0.1) is 0 Å². The average molecular weight is 380 g/mol. The number of benzene rings is 2. The summed E-state index contributed by atoms with van der Waals surface area (Å²) >= 11 is 0. The van der Waals surface area contributed by atoms with E-state index in [4.69, 9.17) is 9.47 Å². The number of nitrogens with one attached hydrogen (secondary N) is 2. The normalized spacial score (nSPS) is 10.6. The molecule has 3 rings (SSSR count). The molecule has 0 saturated heterocycles. The summed E-state index contributed by atoms with van der Waals surface area (Å²) in [6.45, 7) is 0.542. The molecule has 3 aromatic rings. The Hall–Kier alpha value is -3.28. The summed E-state index contributed by atoms with van der Waals surface area (Å²) in [5.41, 5.74) is 2.24. The highest BCUT2D eigenvalue weighted by atomic mass is 16.5. The molecule has 0 atom stereocenters. The third kappa shape index (κ3) is 4.91. The second-order valence-corrected chi connectivity index (χ2v) is 6.53. The Morgan fingerprint density at radius 2 is 1.79 bits per heavy atom.